The molecule has 132 valence electrons. The van der Waals surface area contributed by atoms with Gasteiger partial charge in [-0.3, -0.25) is 0 Å². The van der Waals surface area contributed by atoms with Gasteiger partial charge in [0.1, 0.15) is 5.60 Å². The smallest absolute Gasteiger partial charge is 0.112 e. The second-order valence-electron chi connectivity index (χ2n) is 7.67. The van der Waals surface area contributed by atoms with Gasteiger partial charge in [0.15, 0.2) is 0 Å². The highest BCUT2D eigenvalue weighted by Gasteiger charge is 2.46. The molecule has 25 heavy (non-hydrogen) atoms. The maximum absolute atomic E-state index is 11.4. The quantitative estimate of drug-likeness (QED) is 0.818. The van der Waals surface area contributed by atoms with Crippen LogP contribution in [0.2, 0.25) is 0 Å². The molecule has 2 aliphatic rings. The van der Waals surface area contributed by atoms with Crippen molar-refractivity contribution in [2.45, 2.75) is 37.1 Å². The van der Waals surface area contributed by atoms with E-state index in [4.69, 9.17) is 4.74 Å². The van der Waals surface area contributed by atoms with Crippen molar-refractivity contribution in [3.8, 4) is 0 Å². The van der Waals surface area contributed by atoms with E-state index >= 15 is 0 Å². The van der Waals surface area contributed by atoms with E-state index < -0.39 is 5.60 Å². The first-order chi connectivity index (χ1) is 11.9. The zero-order chi connectivity index (χ0) is 17.8. The van der Waals surface area contributed by atoms with Gasteiger partial charge in [0.05, 0.1) is 12.2 Å². The summed E-state index contributed by atoms with van der Waals surface area (Å²) in [4.78, 5) is 2.18. The number of hydrogen-bond acceptors (Lipinski definition) is 3. The van der Waals surface area contributed by atoms with Gasteiger partial charge in [-0.05, 0) is 61.8 Å². The summed E-state index contributed by atoms with van der Waals surface area (Å²) in [6.07, 6.45) is 1.16. The van der Waals surface area contributed by atoms with Crippen LogP contribution in [0.25, 0.3) is 0 Å². The third-order valence-electron chi connectivity index (χ3n) is 5.52. The average molecular weight is 402 g/mol. The number of benzene rings is 2. The summed E-state index contributed by atoms with van der Waals surface area (Å²) in [7, 11) is 4.17. The van der Waals surface area contributed by atoms with Crippen LogP contribution in [0.15, 0.2) is 46.9 Å². The van der Waals surface area contributed by atoms with Crippen LogP contribution in [0.1, 0.15) is 47.6 Å². The highest BCUT2D eigenvalue weighted by molar-refractivity contribution is 9.10. The van der Waals surface area contributed by atoms with Crippen molar-refractivity contribution in [3.63, 3.8) is 0 Å². The van der Waals surface area contributed by atoms with E-state index in [1.165, 1.54) is 5.56 Å². The Hall–Kier alpha value is -1.20. The second-order valence-corrected chi connectivity index (χ2v) is 8.59. The van der Waals surface area contributed by atoms with Gasteiger partial charge in [0.25, 0.3) is 0 Å². The van der Waals surface area contributed by atoms with E-state index in [0.717, 1.165) is 34.1 Å². The Morgan fingerprint density at radius 1 is 1.16 bits per heavy atom. The van der Waals surface area contributed by atoms with Crippen molar-refractivity contribution in [1.29, 1.82) is 0 Å². The minimum atomic E-state index is -1.02. The third-order valence-corrected chi connectivity index (χ3v) is 6.01. The van der Waals surface area contributed by atoms with Gasteiger partial charge in [-0.25, -0.2) is 0 Å². The first kappa shape index (κ1) is 17.2. The molecule has 0 amide bonds. The van der Waals surface area contributed by atoms with Gasteiger partial charge in [0.2, 0.25) is 0 Å². The van der Waals surface area contributed by atoms with Crippen molar-refractivity contribution < 1.29 is 9.84 Å². The molecule has 2 aromatic rings. The number of halogens is 1. The fraction of sp³-hybridized carbons (Fsp3) is 0.429. The van der Waals surface area contributed by atoms with E-state index in [1.807, 2.05) is 25.1 Å². The number of aliphatic hydroxyl groups is 1. The van der Waals surface area contributed by atoms with Gasteiger partial charge >= 0.3 is 0 Å². The second kappa shape index (κ2) is 6.20. The van der Waals surface area contributed by atoms with Crippen molar-refractivity contribution in [2.75, 3.05) is 20.6 Å². The molecule has 2 aromatic carbocycles. The van der Waals surface area contributed by atoms with Crippen molar-refractivity contribution in [2.24, 2.45) is 0 Å². The van der Waals surface area contributed by atoms with Crippen LogP contribution in [0.5, 0.6) is 0 Å². The first-order valence-corrected chi connectivity index (χ1v) is 9.59. The molecule has 1 unspecified atom stereocenters. The van der Waals surface area contributed by atoms with Crippen LogP contribution in [-0.2, 0) is 10.3 Å². The van der Waals surface area contributed by atoms with Crippen LogP contribution in [-0.4, -0.2) is 36.8 Å². The molecule has 4 atom stereocenters. The van der Waals surface area contributed by atoms with E-state index in [0.29, 0.717) is 0 Å². The molecule has 0 aromatic heterocycles. The molecule has 1 saturated heterocycles. The van der Waals surface area contributed by atoms with Crippen LogP contribution in [0.3, 0.4) is 0 Å². The molecule has 1 N–H and O–H groups in total. The Labute approximate surface area is 157 Å². The molecule has 1 aliphatic heterocycles. The lowest BCUT2D eigenvalue weighted by Crippen LogP contribution is -2.27. The van der Waals surface area contributed by atoms with Gasteiger partial charge in [-0.1, -0.05) is 46.3 Å². The summed E-state index contributed by atoms with van der Waals surface area (Å²) in [6.45, 7) is 2.81. The Morgan fingerprint density at radius 2 is 1.88 bits per heavy atom. The van der Waals surface area contributed by atoms with Gasteiger partial charge in [0, 0.05) is 16.9 Å². The summed E-state index contributed by atoms with van der Waals surface area (Å²) in [5, 5.41) is 11.4. The molecule has 0 spiro atoms. The average Bonchev–Trinajstić information content (AvgIpc) is 2.94. The minimum Gasteiger partial charge on any atom is -0.381 e. The number of ether oxygens (including phenoxy) is 1. The van der Waals surface area contributed by atoms with E-state index in [9.17, 15) is 5.11 Å². The minimum absolute atomic E-state index is 0.0208. The van der Waals surface area contributed by atoms with E-state index in [-0.39, 0.29) is 18.1 Å². The fourth-order valence-corrected chi connectivity index (χ4v) is 4.87. The summed E-state index contributed by atoms with van der Waals surface area (Å²) in [5.74, 6) is 0.267. The van der Waals surface area contributed by atoms with Gasteiger partial charge in [-0.2, -0.15) is 0 Å². The Bertz CT molecular complexity index is 802. The third kappa shape index (κ3) is 2.85. The standard InChI is InChI=1S/C21H24BrNO2/c1-21(24)18-7-5-4-6-15(18)16-11-14(12-23(2)3)25-20(16)17-10-13(22)8-9-19(17)21/h4-10,14,16,20,24H,11-12H2,1-3H3/t14-,16-,20+,21?/m1/s1. The highest BCUT2D eigenvalue weighted by Crippen LogP contribution is 2.53. The van der Waals surface area contributed by atoms with Crippen molar-refractivity contribution in [1.82, 2.24) is 4.90 Å². The first-order valence-electron chi connectivity index (χ1n) is 8.80. The lowest BCUT2D eigenvalue weighted by atomic mass is 9.83. The monoisotopic (exact) mass is 401 g/mol. The summed E-state index contributed by atoms with van der Waals surface area (Å²) in [5.41, 5.74) is 3.24. The molecule has 4 rings (SSSR count). The van der Waals surface area contributed by atoms with Crippen LogP contribution in [0, 0.1) is 0 Å². The molecule has 1 heterocycles. The Balaban J connectivity index is 1.90. The predicted octanol–water partition coefficient (Wildman–Crippen LogP) is 4.19. The number of fused-ring (bicyclic) bond motifs is 5. The summed E-state index contributed by atoms with van der Waals surface area (Å²) >= 11 is 3.60. The normalized spacial score (nSPS) is 30.6. The number of nitrogens with zero attached hydrogens (tertiary/aromatic N) is 1. The molecule has 0 radical (unpaired) electrons. The molecular weight excluding hydrogens is 378 g/mol. The van der Waals surface area contributed by atoms with Crippen LogP contribution >= 0.6 is 15.9 Å². The van der Waals surface area contributed by atoms with E-state index in [2.05, 4.69) is 59.2 Å². The summed E-state index contributed by atoms with van der Waals surface area (Å²) < 4.78 is 7.53. The Morgan fingerprint density at radius 3 is 2.64 bits per heavy atom. The van der Waals surface area contributed by atoms with Crippen LogP contribution in [0.4, 0.5) is 0 Å². The van der Waals surface area contributed by atoms with Gasteiger partial charge in [-0.15, -0.1) is 0 Å². The molecule has 4 heteroatoms. The zero-order valence-electron chi connectivity index (χ0n) is 14.9. The number of rotatable bonds is 2. The predicted molar refractivity (Wildman–Crippen MR) is 103 cm³/mol. The maximum atomic E-state index is 11.4. The Kier molecular flexibility index (Phi) is 4.27. The molecular formula is C21H24BrNO2. The van der Waals surface area contributed by atoms with Crippen molar-refractivity contribution in [3.05, 3.63) is 69.2 Å². The topological polar surface area (TPSA) is 32.7 Å². The fourth-order valence-electron chi connectivity index (χ4n) is 4.49. The maximum Gasteiger partial charge on any atom is 0.112 e. The SMILES string of the molecule is CN(C)C[C@H]1C[C@@H]2c3ccccc3C(C)(O)c3ccc(Br)cc3[C@H]2O1. The van der Waals surface area contributed by atoms with Crippen molar-refractivity contribution >= 4 is 15.9 Å². The van der Waals surface area contributed by atoms with E-state index in [1.54, 1.807) is 0 Å². The molecule has 1 aliphatic carbocycles. The zero-order valence-corrected chi connectivity index (χ0v) is 16.5. The lowest BCUT2D eigenvalue weighted by Gasteiger charge is -2.28. The largest absolute Gasteiger partial charge is 0.381 e. The summed E-state index contributed by atoms with van der Waals surface area (Å²) in [6, 6.07) is 14.4. The van der Waals surface area contributed by atoms with Gasteiger partial charge < -0.3 is 14.7 Å². The number of hydrogen-bond donors (Lipinski definition) is 1. The van der Waals surface area contributed by atoms with Crippen LogP contribution < -0.4 is 0 Å². The highest BCUT2D eigenvalue weighted by atomic mass is 79.9. The molecule has 3 nitrogen and oxygen atoms in total. The molecule has 0 bridgehead atoms. The molecule has 0 saturated carbocycles. The number of likely N-dealkylation sites (N-methyl/N-ethyl adjacent to an activating group) is 1. The molecule has 1 fully saturated rings. The lowest BCUT2D eigenvalue weighted by molar-refractivity contribution is 0.0254.